The van der Waals surface area contributed by atoms with Gasteiger partial charge in [-0.2, -0.15) is 4.39 Å². The van der Waals surface area contributed by atoms with Crippen molar-refractivity contribution in [3.8, 4) is 16.9 Å². The van der Waals surface area contributed by atoms with E-state index in [4.69, 9.17) is 9.47 Å². The van der Waals surface area contributed by atoms with E-state index in [1.807, 2.05) is 0 Å². The molecular weight excluding hydrogens is 434 g/mol. The average molecular weight is 458 g/mol. The summed E-state index contributed by atoms with van der Waals surface area (Å²) >= 11 is 0. The van der Waals surface area contributed by atoms with E-state index in [0.717, 1.165) is 12.1 Å². The molecule has 1 aliphatic rings. The normalized spacial score (nSPS) is 19.3. The first-order chi connectivity index (χ1) is 15.4. The lowest BCUT2D eigenvalue weighted by molar-refractivity contribution is 0.0305. The van der Waals surface area contributed by atoms with Crippen molar-refractivity contribution in [3.63, 3.8) is 0 Å². The standard InChI is InChI=1S/C24H24F6O2/c1-2-31-20-10-9-19(23(29)24(20)30)18-8-7-17(21(27)22(18)28)14-5-6-16(32-13-14)12-15(26)4-3-11-25/h7-10,12,14,16H,2-6,11,13H2,1H3. The van der Waals surface area contributed by atoms with Crippen molar-refractivity contribution in [2.24, 2.45) is 0 Å². The van der Waals surface area contributed by atoms with Crippen LogP contribution in [0.2, 0.25) is 0 Å². The van der Waals surface area contributed by atoms with Gasteiger partial charge in [-0.3, -0.25) is 4.39 Å². The van der Waals surface area contributed by atoms with Crippen LogP contribution in [0.3, 0.4) is 0 Å². The fourth-order valence-corrected chi connectivity index (χ4v) is 3.76. The van der Waals surface area contributed by atoms with Gasteiger partial charge in [0.05, 0.1) is 31.8 Å². The summed E-state index contributed by atoms with van der Waals surface area (Å²) in [5.74, 6) is -6.29. The lowest BCUT2D eigenvalue weighted by Gasteiger charge is -2.28. The third-order valence-corrected chi connectivity index (χ3v) is 5.42. The first kappa shape index (κ1) is 24.2. The molecule has 0 aliphatic carbocycles. The summed E-state index contributed by atoms with van der Waals surface area (Å²) in [6.07, 6.45) is 1.65. The van der Waals surface area contributed by atoms with Crippen LogP contribution in [0.1, 0.15) is 44.1 Å². The zero-order chi connectivity index (χ0) is 23.3. The van der Waals surface area contributed by atoms with E-state index in [1.54, 1.807) is 6.92 Å². The van der Waals surface area contributed by atoms with Gasteiger partial charge in [0.25, 0.3) is 0 Å². The Morgan fingerprint density at radius 2 is 1.69 bits per heavy atom. The van der Waals surface area contributed by atoms with Gasteiger partial charge in [0.2, 0.25) is 5.82 Å². The van der Waals surface area contributed by atoms with E-state index < -0.39 is 58.9 Å². The zero-order valence-electron chi connectivity index (χ0n) is 17.6. The minimum atomic E-state index is -1.33. The molecule has 2 atom stereocenters. The zero-order valence-corrected chi connectivity index (χ0v) is 17.6. The van der Waals surface area contributed by atoms with Crippen LogP contribution < -0.4 is 4.74 Å². The molecule has 8 heteroatoms. The van der Waals surface area contributed by atoms with Crippen molar-refractivity contribution in [1.29, 1.82) is 0 Å². The number of hydrogen-bond donors (Lipinski definition) is 0. The molecule has 0 spiro atoms. The molecule has 1 aliphatic heterocycles. The molecule has 2 unspecified atom stereocenters. The monoisotopic (exact) mass is 458 g/mol. The second-order valence-corrected chi connectivity index (χ2v) is 7.55. The molecule has 0 saturated carbocycles. The van der Waals surface area contributed by atoms with E-state index in [-0.39, 0.29) is 37.4 Å². The highest BCUT2D eigenvalue weighted by atomic mass is 19.2. The first-order valence-corrected chi connectivity index (χ1v) is 10.5. The molecule has 1 fully saturated rings. The minimum absolute atomic E-state index is 0.0101. The van der Waals surface area contributed by atoms with Crippen LogP contribution in [0.5, 0.6) is 5.75 Å². The molecule has 0 N–H and O–H groups in total. The molecular formula is C24H24F6O2. The first-order valence-electron chi connectivity index (χ1n) is 10.5. The van der Waals surface area contributed by atoms with Crippen LogP contribution in [0, 0.1) is 23.3 Å². The molecule has 1 saturated heterocycles. The maximum absolute atomic E-state index is 14.8. The molecule has 0 bridgehead atoms. The Morgan fingerprint density at radius 3 is 2.31 bits per heavy atom. The van der Waals surface area contributed by atoms with Crippen molar-refractivity contribution in [2.45, 2.75) is 44.6 Å². The predicted octanol–water partition coefficient (Wildman–Crippen LogP) is 7.17. The number of halogens is 6. The van der Waals surface area contributed by atoms with Crippen LogP contribution in [-0.2, 0) is 4.74 Å². The van der Waals surface area contributed by atoms with Crippen LogP contribution in [0.4, 0.5) is 26.3 Å². The number of alkyl halides is 1. The minimum Gasteiger partial charge on any atom is -0.491 e. The number of allylic oxidation sites excluding steroid dienone is 1. The lowest BCUT2D eigenvalue weighted by atomic mass is 9.89. The van der Waals surface area contributed by atoms with E-state index in [1.165, 1.54) is 18.2 Å². The quantitative estimate of drug-likeness (QED) is 0.390. The SMILES string of the molecule is CCOc1ccc(-c2ccc(C3CCC(C=C(F)CCCF)OC3)c(F)c2F)c(F)c1F. The Labute approximate surface area is 182 Å². The van der Waals surface area contributed by atoms with Gasteiger partial charge in [0.1, 0.15) is 0 Å². The maximum Gasteiger partial charge on any atom is 0.201 e. The van der Waals surface area contributed by atoms with Gasteiger partial charge in [-0.1, -0.05) is 12.1 Å². The number of rotatable bonds is 8. The second-order valence-electron chi connectivity index (χ2n) is 7.55. The highest BCUT2D eigenvalue weighted by Gasteiger charge is 2.28. The summed E-state index contributed by atoms with van der Waals surface area (Å²) in [5.41, 5.74) is -0.765. The van der Waals surface area contributed by atoms with Gasteiger partial charge in [-0.25, -0.2) is 17.6 Å². The third-order valence-electron chi connectivity index (χ3n) is 5.42. The van der Waals surface area contributed by atoms with Crippen molar-refractivity contribution < 1.29 is 35.8 Å². The highest BCUT2D eigenvalue weighted by molar-refractivity contribution is 5.66. The van der Waals surface area contributed by atoms with Gasteiger partial charge in [-0.15, -0.1) is 0 Å². The Hall–Kier alpha value is -2.48. The van der Waals surface area contributed by atoms with Crippen LogP contribution in [-0.4, -0.2) is 26.0 Å². The molecule has 3 rings (SSSR count). The summed E-state index contributed by atoms with van der Waals surface area (Å²) in [7, 11) is 0. The van der Waals surface area contributed by atoms with E-state index >= 15 is 0 Å². The molecule has 32 heavy (non-hydrogen) atoms. The number of ether oxygens (including phenoxy) is 2. The number of benzene rings is 2. The molecule has 2 nitrogen and oxygen atoms in total. The van der Waals surface area contributed by atoms with Gasteiger partial charge in [0.15, 0.2) is 23.2 Å². The molecule has 0 aromatic heterocycles. The smallest absolute Gasteiger partial charge is 0.201 e. The van der Waals surface area contributed by atoms with Crippen LogP contribution >= 0.6 is 0 Å². The van der Waals surface area contributed by atoms with Gasteiger partial charge in [-0.05, 0) is 50.0 Å². The maximum atomic E-state index is 14.8. The lowest BCUT2D eigenvalue weighted by Crippen LogP contribution is -2.24. The van der Waals surface area contributed by atoms with E-state index in [2.05, 4.69) is 0 Å². The van der Waals surface area contributed by atoms with Gasteiger partial charge < -0.3 is 9.47 Å². The fourth-order valence-electron chi connectivity index (χ4n) is 3.76. The summed E-state index contributed by atoms with van der Waals surface area (Å²) < 4.78 is 94.6. The van der Waals surface area contributed by atoms with Crippen molar-refractivity contribution in [2.75, 3.05) is 19.9 Å². The third kappa shape index (κ3) is 5.28. The molecule has 0 amide bonds. The summed E-state index contributed by atoms with van der Waals surface area (Å²) in [6.45, 7) is 1.16. The molecule has 0 radical (unpaired) electrons. The van der Waals surface area contributed by atoms with E-state index in [0.29, 0.717) is 12.8 Å². The van der Waals surface area contributed by atoms with Crippen molar-refractivity contribution in [1.82, 2.24) is 0 Å². The van der Waals surface area contributed by atoms with Crippen molar-refractivity contribution in [3.05, 3.63) is 65.0 Å². The Bertz CT molecular complexity index is 967. The topological polar surface area (TPSA) is 18.5 Å². The Morgan fingerprint density at radius 1 is 1.00 bits per heavy atom. The summed E-state index contributed by atoms with van der Waals surface area (Å²) in [5, 5.41) is 0. The average Bonchev–Trinajstić information content (AvgIpc) is 2.79. The summed E-state index contributed by atoms with van der Waals surface area (Å²) in [4.78, 5) is 0. The van der Waals surface area contributed by atoms with E-state index in [9.17, 15) is 26.3 Å². The van der Waals surface area contributed by atoms with Gasteiger partial charge in [0, 0.05) is 23.5 Å². The Kier molecular flexibility index (Phi) is 8.23. The highest BCUT2D eigenvalue weighted by Crippen LogP contribution is 2.37. The molecule has 2 aromatic rings. The summed E-state index contributed by atoms with van der Waals surface area (Å²) in [6, 6.07) is 4.83. The Balaban J connectivity index is 1.77. The van der Waals surface area contributed by atoms with Crippen LogP contribution in [0.25, 0.3) is 11.1 Å². The largest absolute Gasteiger partial charge is 0.491 e. The molecule has 2 aromatic carbocycles. The van der Waals surface area contributed by atoms with Gasteiger partial charge >= 0.3 is 0 Å². The second kappa shape index (κ2) is 10.9. The fraction of sp³-hybridized carbons (Fsp3) is 0.417. The van der Waals surface area contributed by atoms with Crippen molar-refractivity contribution >= 4 is 0 Å². The van der Waals surface area contributed by atoms with Crippen LogP contribution in [0.15, 0.2) is 36.2 Å². The number of hydrogen-bond acceptors (Lipinski definition) is 2. The molecule has 1 heterocycles. The predicted molar refractivity (Wildman–Crippen MR) is 109 cm³/mol. The molecule has 174 valence electrons.